The molecule has 2 aromatic rings. The number of aromatic nitrogens is 2. The molecule has 0 atom stereocenters. The zero-order chi connectivity index (χ0) is 16.2. The Kier molecular flexibility index (Phi) is 5.22. The van der Waals surface area contributed by atoms with Gasteiger partial charge in [-0.3, -0.25) is 4.79 Å². The molecule has 0 unspecified atom stereocenters. The molecule has 1 amide bonds. The summed E-state index contributed by atoms with van der Waals surface area (Å²) in [6.45, 7) is 3.78. The lowest BCUT2D eigenvalue weighted by Gasteiger charge is -2.08. The van der Waals surface area contributed by atoms with Crippen molar-refractivity contribution in [1.29, 1.82) is 0 Å². The third-order valence-corrected chi connectivity index (χ3v) is 5.10. The van der Waals surface area contributed by atoms with Crippen LogP contribution in [0.4, 0.5) is 5.13 Å². The summed E-state index contributed by atoms with van der Waals surface area (Å²) in [6, 6.07) is 4.91. The van der Waals surface area contributed by atoms with E-state index in [4.69, 9.17) is 0 Å². The predicted octanol–water partition coefficient (Wildman–Crippen LogP) is 1.46. The number of hydrogen-bond acceptors (Lipinski definition) is 6. The van der Waals surface area contributed by atoms with E-state index in [1.165, 1.54) is 16.8 Å². The van der Waals surface area contributed by atoms with Gasteiger partial charge in [-0.2, -0.15) is 0 Å². The van der Waals surface area contributed by atoms with Crippen LogP contribution >= 0.6 is 11.3 Å². The number of hydrogen-bond donors (Lipinski definition) is 2. The first-order valence-electron chi connectivity index (χ1n) is 6.51. The summed E-state index contributed by atoms with van der Waals surface area (Å²) in [6.07, 6.45) is 0.0175. The second kappa shape index (κ2) is 6.95. The SMILES string of the molecule is Cc1ccc(S(=O)(=O)NCCC(=O)Nc2nncs2)cc1C. The number of aryl methyl sites for hydroxylation is 2. The summed E-state index contributed by atoms with van der Waals surface area (Å²) < 4.78 is 26.7. The van der Waals surface area contributed by atoms with Gasteiger partial charge in [0.1, 0.15) is 5.51 Å². The van der Waals surface area contributed by atoms with E-state index < -0.39 is 10.0 Å². The molecule has 1 heterocycles. The van der Waals surface area contributed by atoms with Crippen LogP contribution in [0.2, 0.25) is 0 Å². The number of sulfonamides is 1. The number of amides is 1. The zero-order valence-electron chi connectivity index (χ0n) is 12.2. The molecular weight excluding hydrogens is 324 g/mol. The maximum Gasteiger partial charge on any atom is 0.240 e. The van der Waals surface area contributed by atoms with E-state index in [1.807, 2.05) is 13.8 Å². The lowest BCUT2D eigenvalue weighted by molar-refractivity contribution is -0.116. The second-order valence-electron chi connectivity index (χ2n) is 4.69. The van der Waals surface area contributed by atoms with Crippen LogP contribution < -0.4 is 10.0 Å². The number of carbonyl (C=O) groups is 1. The first-order valence-corrected chi connectivity index (χ1v) is 8.88. The molecule has 118 valence electrons. The first-order chi connectivity index (χ1) is 10.4. The molecule has 0 saturated heterocycles. The first kappa shape index (κ1) is 16.5. The number of nitrogens with zero attached hydrogens (tertiary/aromatic N) is 2. The molecule has 7 nitrogen and oxygen atoms in total. The Morgan fingerprint density at radius 3 is 2.68 bits per heavy atom. The smallest absolute Gasteiger partial charge is 0.240 e. The summed E-state index contributed by atoms with van der Waals surface area (Å²) in [7, 11) is -3.61. The third-order valence-electron chi connectivity index (χ3n) is 3.04. The minimum atomic E-state index is -3.61. The normalized spacial score (nSPS) is 11.4. The average Bonchev–Trinajstić information content (AvgIpc) is 2.94. The van der Waals surface area contributed by atoms with E-state index >= 15 is 0 Å². The monoisotopic (exact) mass is 340 g/mol. The Balaban J connectivity index is 1.89. The van der Waals surface area contributed by atoms with Gasteiger partial charge in [-0.1, -0.05) is 17.4 Å². The highest BCUT2D eigenvalue weighted by atomic mass is 32.2. The lowest BCUT2D eigenvalue weighted by atomic mass is 10.1. The van der Waals surface area contributed by atoms with Gasteiger partial charge < -0.3 is 5.32 Å². The highest BCUT2D eigenvalue weighted by Crippen LogP contribution is 2.14. The molecule has 1 aromatic heterocycles. The minimum absolute atomic E-state index is 0.0138. The zero-order valence-corrected chi connectivity index (χ0v) is 13.8. The molecule has 0 spiro atoms. The van der Waals surface area contributed by atoms with Crippen molar-refractivity contribution in [3.63, 3.8) is 0 Å². The van der Waals surface area contributed by atoms with Crippen molar-refractivity contribution in [3.8, 4) is 0 Å². The lowest BCUT2D eigenvalue weighted by Crippen LogP contribution is -2.28. The van der Waals surface area contributed by atoms with E-state index in [-0.39, 0.29) is 23.8 Å². The van der Waals surface area contributed by atoms with Crippen molar-refractivity contribution in [2.24, 2.45) is 0 Å². The molecule has 9 heteroatoms. The van der Waals surface area contributed by atoms with Gasteiger partial charge in [0.2, 0.25) is 21.1 Å². The Hall–Kier alpha value is -1.84. The fourth-order valence-electron chi connectivity index (χ4n) is 1.67. The van der Waals surface area contributed by atoms with E-state index in [0.29, 0.717) is 5.13 Å². The molecule has 0 aliphatic rings. The van der Waals surface area contributed by atoms with Crippen molar-refractivity contribution in [3.05, 3.63) is 34.8 Å². The van der Waals surface area contributed by atoms with Crippen molar-refractivity contribution in [2.45, 2.75) is 25.2 Å². The quantitative estimate of drug-likeness (QED) is 0.829. The minimum Gasteiger partial charge on any atom is -0.300 e. The fourth-order valence-corrected chi connectivity index (χ4v) is 3.25. The van der Waals surface area contributed by atoms with Crippen LogP contribution in [0.25, 0.3) is 0 Å². The van der Waals surface area contributed by atoms with Gasteiger partial charge in [0.15, 0.2) is 0 Å². The predicted molar refractivity (Wildman–Crippen MR) is 84.3 cm³/mol. The topological polar surface area (TPSA) is 101 Å². The van der Waals surface area contributed by atoms with Gasteiger partial charge in [-0.25, -0.2) is 13.1 Å². The van der Waals surface area contributed by atoms with Gasteiger partial charge in [0, 0.05) is 13.0 Å². The molecule has 0 saturated carbocycles. The molecular formula is C13H16N4O3S2. The van der Waals surface area contributed by atoms with E-state index in [2.05, 4.69) is 20.2 Å². The maximum absolute atomic E-state index is 12.1. The summed E-state index contributed by atoms with van der Waals surface area (Å²) in [5, 5.41) is 10.2. The Labute approximate surface area is 132 Å². The number of carbonyl (C=O) groups excluding carboxylic acids is 1. The standard InChI is InChI=1S/C13H16N4O3S2/c1-9-3-4-11(7-10(9)2)22(19,20)15-6-5-12(18)16-13-17-14-8-21-13/h3-4,7-8,15H,5-6H2,1-2H3,(H,16,17,18). The summed E-state index contributed by atoms with van der Waals surface area (Å²) in [5.74, 6) is -0.320. The fraction of sp³-hybridized carbons (Fsp3) is 0.308. The van der Waals surface area contributed by atoms with Crippen LogP contribution in [-0.2, 0) is 14.8 Å². The average molecular weight is 340 g/mol. The van der Waals surface area contributed by atoms with Gasteiger partial charge in [0.25, 0.3) is 0 Å². The van der Waals surface area contributed by atoms with Gasteiger partial charge in [-0.15, -0.1) is 10.2 Å². The molecule has 0 aliphatic carbocycles. The third kappa shape index (κ3) is 4.33. The number of rotatable bonds is 6. The second-order valence-corrected chi connectivity index (χ2v) is 7.29. The van der Waals surface area contributed by atoms with Crippen molar-refractivity contribution in [1.82, 2.24) is 14.9 Å². The van der Waals surface area contributed by atoms with Crippen LogP contribution in [0, 0.1) is 13.8 Å². The van der Waals surface area contributed by atoms with Crippen LogP contribution in [0.15, 0.2) is 28.6 Å². The van der Waals surface area contributed by atoms with Crippen LogP contribution in [-0.4, -0.2) is 31.1 Å². The number of benzene rings is 1. The van der Waals surface area contributed by atoms with Crippen molar-refractivity contribution >= 4 is 32.4 Å². The van der Waals surface area contributed by atoms with E-state index in [9.17, 15) is 13.2 Å². The summed E-state index contributed by atoms with van der Waals surface area (Å²) >= 11 is 1.20. The summed E-state index contributed by atoms with van der Waals surface area (Å²) in [5.41, 5.74) is 3.42. The van der Waals surface area contributed by atoms with Crippen molar-refractivity contribution < 1.29 is 13.2 Å². The van der Waals surface area contributed by atoms with Gasteiger partial charge in [-0.05, 0) is 37.1 Å². The van der Waals surface area contributed by atoms with Gasteiger partial charge >= 0.3 is 0 Å². The Morgan fingerprint density at radius 2 is 2.05 bits per heavy atom. The maximum atomic E-state index is 12.1. The largest absolute Gasteiger partial charge is 0.300 e. The Morgan fingerprint density at radius 1 is 1.27 bits per heavy atom. The highest BCUT2D eigenvalue weighted by molar-refractivity contribution is 7.89. The van der Waals surface area contributed by atoms with Gasteiger partial charge in [0.05, 0.1) is 4.90 Å². The molecule has 0 fully saturated rings. The molecule has 0 radical (unpaired) electrons. The number of anilines is 1. The summed E-state index contributed by atoms with van der Waals surface area (Å²) in [4.78, 5) is 11.8. The highest BCUT2D eigenvalue weighted by Gasteiger charge is 2.15. The molecule has 2 rings (SSSR count). The molecule has 22 heavy (non-hydrogen) atoms. The van der Waals surface area contributed by atoms with E-state index in [0.717, 1.165) is 11.1 Å². The van der Waals surface area contributed by atoms with Crippen LogP contribution in [0.3, 0.4) is 0 Å². The Bertz CT molecular complexity index is 758. The number of nitrogens with one attached hydrogen (secondary N) is 2. The van der Waals surface area contributed by atoms with Crippen LogP contribution in [0.1, 0.15) is 17.5 Å². The van der Waals surface area contributed by atoms with Crippen molar-refractivity contribution in [2.75, 3.05) is 11.9 Å². The molecule has 0 aliphatic heterocycles. The van der Waals surface area contributed by atoms with Crippen LogP contribution in [0.5, 0.6) is 0 Å². The molecule has 0 bridgehead atoms. The molecule has 2 N–H and O–H groups in total. The van der Waals surface area contributed by atoms with E-state index in [1.54, 1.807) is 18.2 Å². The molecule has 1 aromatic carbocycles.